The Bertz CT molecular complexity index is 897. The van der Waals surface area contributed by atoms with Gasteiger partial charge in [-0.15, -0.1) is 0 Å². The number of sulfonamides is 1. The first-order valence-electron chi connectivity index (χ1n) is 7.64. The average Bonchev–Trinajstić information content (AvgIpc) is 2.53. The molecule has 0 heterocycles. The topological polar surface area (TPSA) is 64.6 Å². The summed E-state index contributed by atoms with van der Waals surface area (Å²) in [6.07, 6.45) is 0. The molecule has 0 saturated carbocycles. The smallest absolute Gasteiger partial charge is 0.262 e. The number of nitrogens with one attached hydrogen (secondary N) is 1. The lowest BCUT2D eigenvalue weighted by atomic mass is 10.0. The SMILES string of the molecule is COc1cc(OC)c(NS(=O)(=O)c2c(C)c(C)cc(C)c2C)cc1Cl. The molecular weight excluding hydrogens is 362 g/mol. The van der Waals surface area contributed by atoms with Gasteiger partial charge in [0.25, 0.3) is 10.0 Å². The lowest BCUT2D eigenvalue weighted by Gasteiger charge is -2.18. The van der Waals surface area contributed by atoms with Gasteiger partial charge in [-0.2, -0.15) is 0 Å². The molecule has 1 N–H and O–H groups in total. The fourth-order valence-corrected chi connectivity index (χ4v) is 4.64. The molecule has 0 aromatic heterocycles. The van der Waals surface area contributed by atoms with Crippen molar-refractivity contribution in [2.75, 3.05) is 18.9 Å². The van der Waals surface area contributed by atoms with Crippen molar-refractivity contribution in [3.05, 3.63) is 45.5 Å². The summed E-state index contributed by atoms with van der Waals surface area (Å²) < 4.78 is 39.1. The highest BCUT2D eigenvalue weighted by molar-refractivity contribution is 7.92. The summed E-state index contributed by atoms with van der Waals surface area (Å²) >= 11 is 6.13. The molecule has 0 spiro atoms. The van der Waals surface area contributed by atoms with Gasteiger partial charge in [0.1, 0.15) is 11.5 Å². The third kappa shape index (κ3) is 3.70. The molecule has 7 heteroatoms. The first-order chi connectivity index (χ1) is 11.6. The zero-order valence-electron chi connectivity index (χ0n) is 15.2. The summed E-state index contributed by atoms with van der Waals surface area (Å²) in [6.45, 7) is 7.39. The van der Waals surface area contributed by atoms with E-state index in [2.05, 4.69) is 4.72 Å². The van der Waals surface area contributed by atoms with Gasteiger partial charge in [-0.1, -0.05) is 17.7 Å². The Labute approximate surface area is 154 Å². The Balaban J connectivity index is 2.60. The minimum Gasteiger partial charge on any atom is -0.495 e. The molecule has 0 unspecified atom stereocenters. The zero-order valence-corrected chi connectivity index (χ0v) is 16.7. The molecule has 0 amide bonds. The van der Waals surface area contributed by atoms with Crippen LogP contribution in [0.1, 0.15) is 22.3 Å². The van der Waals surface area contributed by atoms with Crippen LogP contribution in [0, 0.1) is 27.7 Å². The predicted octanol–water partition coefficient (Wildman–Crippen LogP) is 4.39. The van der Waals surface area contributed by atoms with Gasteiger partial charge < -0.3 is 9.47 Å². The quantitative estimate of drug-likeness (QED) is 0.831. The third-order valence-electron chi connectivity index (χ3n) is 4.28. The maximum Gasteiger partial charge on any atom is 0.262 e. The Morgan fingerprint density at radius 3 is 1.88 bits per heavy atom. The van der Waals surface area contributed by atoms with Crippen LogP contribution in [0.5, 0.6) is 11.5 Å². The second-order valence-corrected chi connectivity index (χ2v) is 7.91. The van der Waals surface area contributed by atoms with Crippen molar-refractivity contribution in [3.8, 4) is 11.5 Å². The zero-order chi connectivity index (χ0) is 18.9. The number of aryl methyl sites for hydroxylation is 2. The molecular formula is C18H22ClNO4S. The third-order valence-corrected chi connectivity index (χ3v) is 6.22. The Morgan fingerprint density at radius 1 is 0.880 bits per heavy atom. The second-order valence-electron chi connectivity index (χ2n) is 5.88. The molecule has 0 aliphatic carbocycles. The van der Waals surface area contributed by atoms with Crippen LogP contribution >= 0.6 is 11.6 Å². The van der Waals surface area contributed by atoms with Crippen molar-refractivity contribution in [1.82, 2.24) is 0 Å². The van der Waals surface area contributed by atoms with Crippen molar-refractivity contribution in [2.24, 2.45) is 0 Å². The lowest BCUT2D eigenvalue weighted by Crippen LogP contribution is -2.17. The van der Waals surface area contributed by atoms with Gasteiger partial charge in [0.2, 0.25) is 0 Å². The predicted molar refractivity (Wildman–Crippen MR) is 101 cm³/mol. The van der Waals surface area contributed by atoms with Crippen LogP contribution in [0.15, 0.2) is 23.1 Å². The van der Waals surface area contributed by atoms with Crippen LogP contribution in [-0.4, -0.2) is 22.6 Å². The Morgan fingerprint density at radius 2 is 1.40 bits per heavy atom. The van der Waals surface area contributed by atoms with E-state index < -0.39 is 10.0 Å². The van der Waals surface area contributed by atoms with E-state index in [1.807, 2.05) is 19.9 Å². The Hall–Kier alpha value is -1.92. The van der Waals surface area contributed by atoms with Gasteiger partial charge in [0.05, 0.1) is 29.8 Å². The number of hydrogen-bond acceptors (Lipinski definition) is 4. The van der Waals surface area contributed by atoms with E-state index in [0.29, 0.717) is 22.6 Å². The maximum absolute atomic E-state index is 13.0. The summed E-state index contributed by atoms with van der Waals surface area (Å²) in [5.74, 6) is 0.727. The number of benzene rings is 2. The van der Waals surface area contributed by atoms with Crippen molar-refractivity contribution < 1.29 is 17.9 Å². The van der Waals surface area contributed by atoms with E-state index in [9.17, 15) is 8.42 Å². The van der Waals surface area contributed by atoms with Crippen molar-refractivity contribution in [1.29, 1.82) is 0 Å². The van der Waals surface area contributed by atoms with Crippen LogP contribution in [0.3, 0.4) is 0 Å². The van der Waals surface area contributed by atoms with E-state index in [1.54, 1.807) is 19.9 Å². The molecule has 136 valence electrons. The Kier molecular flexibility index (Phi) is 5.54. The normalized spacial score (nSPS) is 11.3. The molecule has 0 bridgehead atoms. The van der Waals surface area contributed by atoms with Gasteiger partial charge in [-0.05, 0) is 56.0 Å². The summed E-state index contributed by atoms with van der Waals surface area (Å²) in [6, 6.07) is 5.00. The molecule has 0 radical (unpaired) electrons. The number of halogens is 1. The fourth-order valence-electron chi connectivity index (χ4n) is 2.72. The monoisotopic (exact) mass is 383 g/mol. The molecule has 0 fully saturated rings. The van der Waals surface area contributed by atoms with Crippen LogP contribution in [0.2, 0.25) is 5.02 Å². The summed E-state index contributed by atoms with van der Waals surface area (Å²) in [5.41, 5.74) is 3.53. The molecule has 2 rings (SSSR count). The molecule has 0 atom stereocenters. The van der Waals surface area contributed by atoms with Crippen molar-refractivity contribution in [2.45, 2.75) is 32.6 Å². The maximum atomic E-state index is 13.0. The number of anilines is 1. The van der Waals surface area contributed by atoms with Gasteiger partial charge in [0, 0.05) is 6.07 Å². The summed E-state index contributed by atoms with van der Waals surface area (Å²) in [5, 5.41) is 0.287. The standard InChI is InChI=1S/C18H22ClNO4S/c1-10-7-11(2)13(4)18(12(10)3)25(21,22)20-15-8-14(19)16(23-5)9-17(15)24-6/h7-9,20H,1-6H3. The summed E-state index contributed by atoms with van der Waals surface area (Å²) in [4.78, 5) is 0.277. The van der Waals surface area contributed by atoms with Crippen LogP contribution in [-0.2, 0) is 10.0 Å². The highest BCUT2D eigenvalue weighted by Crippen LogP contribution is 2.37. The first-order valence-corrected chi connectivity index (χ1v) is 9.50. The number of ether oxygens (including phenoxy) is 2. The number of methoxy groups -OCH3 is 2. The largest absolute Gasteiger partial charge is 0.495 e. The van der Waals surface area contributed by atoms with Gasteiger partial charge in [-0.25, -0.2) is 8.42 Å². The molecule has 2 aromatic carbocycles. The van der Waals surface area contributed by atoms with Crippen LogP contribution in [0.25, 0.3) is 0 Å². The second kappa shape index (κ2) is 7.14. The van der Waals surface area contributed by atoms with E-state index in [0.717, 1.165) is 11.1 Å². The molecule has 0 saturated heterocycles. The molecule has 5 nitrogen and oxygen atoms in total. The average molecular weight is 384 g/mol. The minimum atomic E-state index is -3.82. The number of rotatable bonds is 5. The number of hydrogen-bond donors (Lipinski definition) is 1. The van der Waals surface area contributed by atoms with E-state index >= 15 is 0 Å². The highest BCUT2D eigenvalue weighted by Gasteiger charge is 2.24. The fraction of sp³-hybridized carbons (Fsp3) is 0.333. The molecule has 0 aliphatic rings. The van der Waals surface area contributed by atoms with Crippen LogP contribution in [0.4, 0.5) is 5.69 Å². The van der Waals surface area contributed by atoms with E-state index in [-0.39, 0.29) is 15.6 Å². The van der Waals surface area contributed by atoms with Crippen molar-refractivity contribution in [3.63, 3.8) is 0 Å². The molecule has 25 heavy (non-hydrogen) atoms. The van der Waals surface area contributed by atoms with Gasteiger partial charge >= 0.3 is 0 Å². The summed E-state index contributed by atoms with van der Waals surface area (Å²) in [7, 11) is -0.887. The first kappa shape index (κ1) is 19.4. The minimum absolute atomic E-state index is 0.256. The van der Waals surface area contributed by atoms with Gasteiger partial charge in [0.15, 0.2) is 0 Å². The lowest BCUT2D eigenvalue weighted by molar-refractivity contribution is 0.396. The molecule has 0 aliphatic heterocycles. The van der Waals surface area contributed by atoms with Gasteiger partial charge in [-0.3, -0.25) is 4.72 Å². The van der Waals surface area contributed by atoms with E-state index in [4.69, 9.17) is 21.1 Å². The highest BCUT2D eigenvalue weighted by atomic mass is 35.5. The molecule has 2 aromatic rings. The van der Waals surface area contributed by atoms with Crippen LogP contribution < -0.4 is 14.2 Å². The van der Waals surface area contributed by atoms with E-state index in [1.165, 1.54) is 20.3 Å². The van der Waals surface area contributed by atoms with Crippen molar-refractivity contribution >= 4 is 27.3 Å².